The smallest absolute Gasteiger partial charge is 0.214 e. The van der Waals surface area contributed by atoms with Crippen LogP contribution in [0.3, 0.4) is 0 Å². The van der Waals surface area contributed by atoms with Crippen LogP contribution < -0.4 is 11.5 Å². The van der Waals surface area contributed by atoms with Crippen LogP contribution in [0.2, 0.25) is 0 Å². The van der Waals surface area contributed by atoms with Gasteiger partial charge in [-0.25, -0.2) is 0 Å². The lowest BCUT2D eigenvalue weighted by atomic mass is 10.8. The summed E-state index contributed by atoms with van der Waals surface area (Å²) in [6.45, 7) is 8.61. The van der Waals surface area contributed by atoms with E-state index in [9.17, 15) is 9.59 Å². The maximum Gasteiger partial charge on any atom is 0.214 e. The number of rotatable bonds is 0. The molecule has 0 aliphatic carbocycles. The van der Waals surface area contributed by atoms with Gasteiger partial charge in [0.25, 0.3) is 0 Å². The summed E-state index contributed by atoms with van der Waals surface area (Å²) in [5.41, 5.74) is 8.94. The molecule has 0 fully saturated rings. The first-order valence-corrected chi connectivity index (χ1v) is 2.49. The summed E-state index contributed by atoms with van der Waals surface area (Å²) < 4.78 is 0. The van der Waals surface area contributed by atoms with E-state index in [0.717, 1.165) is 0 Å². The van der Waals surface area contributed by atoms with Crippen LogP contribution in [-0.4, -0.2) is 11.8 Å². The summed E-state index contributed by atoms with van der Waals surface area (Å²) in [7, 11) is 0. The van der Waals surface area contributed by atoms with Crippen LogP contribution in [0, 0.1) is 0 Å². The second kappa shape index (κ2) is 15.6. The summed E-state index contributed by atoms with van der Waals surface area (Å²) in [5, 5.41) is 0. The highest BCUT2D eigenvalue weighted by Gasteiger charge is 1.61. The van der Waals surface area contributed by atoms with E-state index in [2.05, 4.69) is 24.6 Å². The topological polar surface area (TPSA) is 86.2 Å². The van der Waals surface area contributed by atoms with E-state index >= 15 is 0 Å². The number of hydrogen-bond acceptors (Lipinski definition) is 2. The van der Waals surface area contributed by atoms with E-state index in [-0.39, 0.29) is 11.8 Å². The van der Waals surface area contributed by atoms with E-state index in [1.165, 1.54) is 13.8 Å². The molecule has 0 spiro atoms. The molecule has 0 aliphatic heterocycles. The SMILES string of the molecule is C=C.CC(N)=O.CC(N)=O. The van der Waals surface area contributed by atoms with E-state index in [1.807, 2.05) is 0 Å². The fraction of sp³-hybridized carbons (Fsp3) is 0.333. The zero-order valence-electron chi connectivity index (χ0n) is 6.39. The molecule has 0 saturated carbocycles. The zero-order chi connectivity index (χ0) is 9.15. The van der Waals surface area contributed by atoms with E-state index < -0.39 is 0 Å². The Kier molecular flexibility index (Phi) is 24.8. The first kappa shape index (κ1) is 15.9. The normalized spacial score (nSPS) is 5.40. The third kappa shape index (κ3) is 124. The summed E-state index contributed by atoms with van der Waals surface area (Å²) >= 11 is 0. The Bertz CT molecular complexity index is 81.9. The molecule has 0 unspecified atom stereocenters. The summed E-state index contributed by atoms with van der Waals surface area (Å²) in [6, 6.07) is 0. The van der Waals surface area contributed by atoms with Crippen LogP contribution in [0.15, 0.2) is 13.2 Å². The molecule has 0 atom stereocenters. The maximum absolute atomic E-state index is 9.22. The second-order valence-electron chi connectivity index (χ2n) is 1.22. The Balaban J connectivity index is -0.0000000787. The Morgan fingerprint density at radius 3 is 1.00 bits per heavy atom. The third-order valence-electron chi connectivity index (χ3n) is 0. The minimum atomic E-state index is -0.333. The predicted molar refractivity (Wildman–Crippen MR) is 41.0 cm³/mol. The largest absolute Gasteiger partial charge is 0.370 e. The molecule has 10 heavy (non-hydrogen) atoms. The van der Waals surface area contributed by atoms with Crippen molar-refractivity contribution in [3.63, 3.8) is 0 Å². The molecule has 0 rings (SSSR count). The van der Waals surface area contributed by atoms with Gasteiger partial charge in [-0.2, -0.15) is 0 Å². The predicted octanol–water partition coefficient (Wildman–Crippen LogP) is -0.215. The average molecular weight is 146 g/mol. The Morgan fingerprint density at radius 2 is 1.00 bits per heavy atom. The number of carbonyl (C=O) groups excluding carboxylic acids is 2. The van der Waals surface area contributed by atoms with Gasteiger partial charge in [-0.3, -0.25) is 9.59 Å². The monoisotopic (exact) mass is 146 g/mol. The van der Waals surface area contributed by atoms with Crippen LogP contribution in [0.25, 0.3) is 0 Å². The van der Waals surface area contributed by atoms with Gasteiger partial charge in [-0.15, -0.1) is 13.2 Å². The molecule has 2 amide bonds. The van der Waals surface area contributed by atoms with Crippen molar-refractivity contribution in [3.8, 4) is 0 Å². The molecule has 0 heterocycles. The van der Waals surface area contributed by atoms with Gasteiger partial charge in [0, 0.05) is 13.8 Å². The molecule has 0 aromatic rings. The van der Waals surface area contributed by atoms with Gasteiger partial charge in [-0.1, -0.05) is 0 Å². The van der Waals surface area contributed by atoms with Crippen molar-refractivity contribution in [1.29, 1.82) is 0 Å². The summed E-state index contributed by atoms with van der Waals surface area (Å²) in [4.78, 5) is 18.4. The minimum Gasteiger partial charge on any atom is -0.370 e. The lowest BCUT2D eigenvalue weighted by Crippen LogP contribution is -2.01. The van der Waals surface area contributed by atoms with Crippen molar-refractivity contribution in [2.45, 2.75) is 13.8 Å². The van der Waals surface area contributed by atoms with Gasteiger partial charge in [0.2, 0.25) is 11.8 Å². The maximum atomic E-state index is 9.22. The number of primary amides is 2. The Labute approximate surface area is 60.9 Å². The van der Waals surface area contributed by atoms with Gasteiger partial charge in [0.05, 0.1) is 0 Å². The molecule has 0 bridgehead atoms. The van der Waals surface area contributed by atoms with Crippen LogP contribution in [0.4, 0.5) is 0 Å². The lowest BCUT2D eigenvalue weighted by molar-refractivity contribution is -0.116. The first-order valence-electron chi connectivity index (χ1n) is 2.49. The van der Waals surface area contributed by atoms with Crippen LogP contribution in [0.1, 0.15) is 13.8 Å². The summed E-state index contributed by atoms with van der Waals surface area (Å²) in [5.74, 6) is -0.667. The number of amides is 2. The molecule has 0 saturated heterocycles. The van der Waals surface area contributed by atoms with Crippen molar-refractivity contribution in [3.05, 3.63) is 13.2 Å². The van der Waals surface area contributed by atoms with Crippen LogP contribution >= 0.6 is 0 Å². The molecule has 0 aromatic heterocycles. The van der Waals surface area contributed by atoms with Crippen LogP contribution in [0.5, 0.6) is 0 Å². The third-order valence-corrected chi connectivity index (χ3v) is 0. The van der Waals surface area contributed by atoms with Gasteiger partial charge < -0.3 is 11.5 Å². The molecule has 4 N–H and O–H groups in total. The fourth-order valence-corrected chi connectivity index (χ4v) is 0. The Morgan fingerprint density at radius 1 is 1.00 bits per heavy atom. The fourth-order valence-electron chi connectivity index (χ4n) is 0. The molecule has 4 heteroatoms. The highest BCUT2D eigenvalue weighted by atomic mass is 16.1. The van der Waals surface area contributed by atoms with Gasteiger partial charge in [-0.05, 0) is 0 Å². The van der Waals surface area contributed by atoms with Crippen molar-refractivity contribution in [2.24, 2.45) is 11.5 Å². The van der Waals surface area contributed by atoms with Gasteiger partial charge >= 0.3 is 0 Å². The molecular formula is C6H14N2O2. The van der Waals surface area contributed by atoms with Gasteiger partial charge in [0.15, 0.2) is 0 Å². The van der Waals surface area contributed by atoms with E-state index in [1.54, 1.807) is 0 Å². The number of hydrogen-bond donors (Lipinski definition) is 2. The second-order valence-corrected chi connectivity index (χ2v) is 1.22. The number of carbonyl (C=O) groups is 2. The highest BCUT2D eigenvalue weighted by Crippen LogP contribution is 1.33. The van der Waals surface area contributed by atoms with Crippen molar-refractivity contribution in [2.75, 3.05) is 0 Å². The molecule has 0 radical (unpaired) electrons. The quantitative estimate of drug-likeness (QED) is 0.463. The molecule has 4 nitrogen and oxygen atoms in total. The zero-order valence-corrected chi connectivity index (χ0v) is 6.39. The highest BCUT2D eigenvalue weighted by molar-refractivity contribution is 5.70. The minimum absolute atomic E-state index is 0.333. The first-order chi connectivity index (χ1) is 4.46. The number of nitrogens with two attached hydrogens (primary N) is 2. The molecule has 0 aromatic carbocycles. The van der Waals surface area contributed by atoms with E-state index in [4.69, 9.17) is 0 Å². The molecular weight excluding hydrogens is 132 g/mol. The van der Waals surface area contributed by atoms with E-state index in [0.29, 0.717) is 0 Å². The van der Waals surface area contributed by atoms with Crippen molar-refractivity contribution >= 4 is 11.8 Å². The van der Waals surface area contributed by atoms with Crippen molar-refractivity contribution in [1.82, 2.24) is 0 Å². The average Bonchev–Trinajstić information content (AvgIpc) is 1.66. The van der Waals surface area contributed by atoms with Crippen LogP contribution in [-0.2, 0) is 9.59 Å². The summed E-state index contributed by atoms with van der Waals surface area (Å²) in [6.07, 6.45) is 0. The van der Waals surface area contributed by atoms with Crippen molar-refractivity contribution < 1.29 is 9.59 Å². The standard InChI is InChI=1S/2C2H5NO.C2H4/c2*1-2(3)4;1-2/h2*1H3,(H2,3,4);1-2H2. The lowest BCUT2D eigenvalue weighted by Gasteiger charge is -1.60. The molecule has 0 aliphatic rings. The van der Waals surface area contributed by atoms with Gasteiger partial charge in [0.1, 0.15) is 0 Å². The Hall–Kier alpha value is -1.32. The molecule has 60 valence electrons.